The van der Waals surface area contributed by atoms with Crippen molar-refractivity contribution < 1.29 is 9.53 Å². The third-order valence-corrected chi connectivity index (χ3v) is 3.04. The summed E-state index contributed by atoms with van der Waals surface area (Å²) in [7, 11) is 1.64. The van der Waals surface area contributed by atoms with Gasteiger partial charge in [0.25, 0.3) is 5.91 Å². The van der Waals surface area contributed by atoms with Crippen LogP contribution in [0.4, 0.5) is 5.69 Å². The first-order chi connectivity index (χ1) is 8.06. The molecule has 1 aliphatic rings. The molecule has 1 aliphatic heterocycles. The zero-order chi connectivity index (χ0) is 12.5. The molecule has 0 saturated carbocycles. The highest BCUT2D eigenvalue weighted by atomic mass is 16.5. The summed E-state index contributed by atoms with van der Waals surface area (Å²) in [6.07, 6.45) is 0. The zero-order valence-corrected chi connectivity index (χ0v) is 10.5. The molecule has 1 amide bonds. The molecule has 0 aromatic heterocycles. The molecule has 0 atom stereocenters. The maximum atomic E-state index is 12.4. The molecule has 0 spiro atoms. The first-order valence-electron chi connectivity index (χ1n) is 5.74. The van der Waals surface area contributed by atoms with Gasteiger partial charge in [0.2, 0.25) is 0 Å². The topological polar surface area (TPSA) is 41.6 Å². The molecule has 0 bridgehead atoms. The molecule has 17 heavy (non-hydrogen) atoms. The SMILES string of the molecule is COCCN1C(=O)c2ccccc2NC1(C)C. The van der Waals surface area contributed by atoms with Crippen LogP contribution in [0.5, 0.6) is 0 Å². The summed E-state index contributed by atoms with van der Waals surface area (Å²) in [5.74, 6) is 0.0569. The second-order valence-electron chi connectivity index (χ2n) is 4.68. The van der Waals surface area contributed by atoms with E-state index in [4.69, 9.17) is 4.74 Å². The van der Waals surface area contributed by atoms with Gasteiger partial charge in [0, 0.05) is 19.3 Å². The van der Waals surface area contributed by atoms with Crippen molar-refractivity contribution in [3.05, 3.63) is 29.8 Å². The number of fused-ring (bicyclic) bond motifs is 1. The van der Waals surface area contributed by atoms with E-state index in [9.17, 15) is 4.79 Å². The molecule has 4 nitrogen and oxygen atoms in total. The summed E-state index contributed by atoms with van der Waals surface area (Å²) in [4.78, 5) is 14.2. The van der Waals surface area contributed by atoms with E-state index in [1.165, 1.54) is 0 Å². The van der Waals surface area contributed by atoms with Crippen molar-refractivity contribution in [2.45, 2.75) is 19.5 Å². The zero-order valence-electron chi connectivity index (χ0n) is 10.5. The molecule has 4 heteroatoms. The second-order valence-corrected chi connectivity index (χ2v) is 4.68. The maximum absolute atomic E-state index is 12.4. The number of methoxy groups -OCH3 is 1. The summed E-state index contributed by atoms with van der Waals surface area (Å²) in [5.41, 5.74) is 1.24. The first-order valence-corrected chi connectivity index (χ1v) is 5.74. The molecule has 0 unspecified atom stereocenters. The molecule has 0 fully saturated rings. The molecule has 92 valence electrons. The Morgan fingerprint density at radius 1 is 1.35 bits per heavy atom. The lowest BCUT2D eigenvalue weighted by Gasteiger charge is -2.44. The number of amides is 1. The van der Waals surface area contributed by atoms with Crippen LogP contribution in [0.3, 0.4) is 0 Å². The Labute approximate surface area is 102 Å². The van der Waals surface area contributed by atoms with Gasteiger partial charge < -0.3 is 15.0 Å². The van der Waals surface area contributed by atoms with E-state index >= 15 is 0 Å². The van der Waals surface area contributed by atoms with Crippen molar-refractivity contribution in [3.8, 4) is 0 Å². The summed E-state index contributed by atoms with van der Waals surface area (Å²) in [6, 6.07) is 7.59. The lowest BCUT2D eigenvalue weighted by atomic mass is 10.0. The van der Waals surface area contributed by atoms with Crippen molar-refractivity contribution >= 4 is 11.6 Å². The number of carbonyl (C=O) groups is 1. The van der Waals surface area contributed by atoms with Crippen molar-refractivity contribution in [1.29, 1.82) is 0 Å². The quantitative estimate of drug-likeness (QED) is 0.869. The van der Waals surface area contributed by atoms with Gasteiger partial charge >= 0.3 is 0 Å². The molecule has 0 radical (unpaired) electrons. The van der Waals surface area contributed by atoms with Crippen LogP contribution in [-0.2, 0) is 4.74 Å². The minimum atomic E-state index is -0.385. The Bertz CT molecular complexity index is 429. The van der Waals surface area contributed by atoms with Gasteiger partial charge in [0.1, 0.15) is 5.66 Å². The predicted molar refractivity (Wildman–Crippen MR) is 67.1 cm³/mol. The number of benzene rings is 1. The van der Waals surface area contributed by atoms with Gasteiger partial charge in [-0.2, -0.15) is 0 Å². The number of nitrogens with one attached hydrogen (secondary N) is 1. The van der Waals surface area contributed by atoms with E-state index in [2.05, 4.69) is 5.32 Å². The Morgan fingerprint density at radius 2 is 2.06 bits per heavy atom. The number of anilines is 1. The van der Waals surface area contributed by atoms with Crippen LogP contribution in [0.2, 0.25) is 0 Å². The van der Waals surface area contributed by atoms with Crippen LogP contribution in [0.15, 0.2) is 24.3 Å². The third kappa shape index (κ3) is 2.13. The van der Waals surface area contributed by atoms with E-state index in [0.717, 1.165) is 11.3 Å². The largest absolute Gasteiger partial charge is 0.383 e. The smallest absolute Gasteiger partial charge is 0.257 e. The van der Waals surface area contributed by atoms with Crippen LogP contribution >= 0.6 is 0 Å². The molecule has 0 aliphatic carbocycles. The Balaban J connectivity index is 2.33. The number of nitrogens with zero attached hydrogens (tertiary/aromatic N) is 1. The van der Waals surface area contributed by atoms with E-state index < -0.39 is 0 Å². The average Bonchev–Trinajstić information content (AvgIpc) is 2.28. The minimum Gasteiger partial charge on any atom is -0.383 e. The van der Waals surface area contributed by atoms with Gasteiger partial charge in [-0.25, -0.2) is 0 Å². The predicted octanol–water partition coefficient (Wildman–Crippen LogP) is 1.94. The molecular weight excluding hydrogens is 216 g/mol. The van der Waals surface area contributed by atoms with Gasteiger partial charge in [0.15, 0.2) is 0 Å². The van der Waals surface area contributed by atoms with Crippen molar-refractivity contribution in [1.82, 2.24) is 4.90 Å². The molecule has 1 N–H and O–H groups in total. The standard InChI is InChI=1S/C13H18N2O2/c1-13(2)14-11-7-5-4-6-10(11)12(16)15(13)8-9-17-3/h4-7,14H,8-9H2,1-3H3. The highest BCUT2D eigenvalue weighted by Gasteiger charge is 2.36. The number of hydrogen-bond donors (Lipinski definition) is 1. The van der Waals surface area contributed by atoms with Crippen molar-refractivity contribution in [3.63, 3.8) is 0 Å². The van der Waals surface area contributed by atoms with Crippen LogP contribution in [-0.4, -0.2) is 36.7 Å². The maximum Gasteiger partial charge on any atom is 0.257 e. The van der Waals surface area contributed by atoms with E-state index in [1.807, 2.05) is 38.1 Å². The normalized spacial score (nSPS) is 17.6. The summed E-state index contributed by atoms with van der Waals surface area (Å²) < 4.78 is 5.05. The van der Waals surface area contributed by atoms with Gasteiger partial charge in [-0.3, -0.25) is 4.79 Å². The third-order valence-electron chi connectivity index (χ3n) is 3.04. The van der Waals surface area contributed by atoms with Crippen LogP contribution in [0.25, 0.3) is 0 Å². The lowest BCUT2D eigenvalue weighted by Crippen LogP contribution is -2.57. The van der Waals surface area contributed by atoms with Crippen molar-refractivity contribution in [2.24, 2.45) is 0 Å². The highest BCUT2D eigenvalue weighted by Crippen LogP contribution is 2.30. The fraction of sp³-hybridized carbons (Fsp3) is 0.462. The number of hydrogen-bond acceptors (Lipinski definition) is 3. The Morgan fingerprint density at radius 3 is 2.76 bits per heavy atom. The lowest BCUT2D eigenvalue weighted by molar-refractivity contribution is 0.0484. The fourth-order valence-electron chi connectivity index (χ4n) is 2.14. The molecule has 1 aromatic rings. The number of carbonyl (C=O) groups excluding carboxylic acids is 1. The summed E-state index contributed by atoms with van der Waals surface area (Å²) in [6.45, 7) is 5.12. The molecule has 1 aromatic carbocycles. The number of rotatable bonds is 3. The van der Waals surface area contributed by atoms with Gasteiger partial charge in [-0.1, -0.05) is 12.1 Å². The monoisotopic (exact) mass is 234 g/mol. The van der Waals surface area contributed by atoms with Gasteiger partial charge in [-0.15, -0.1) is 0 Å². The molecule has 2 rings (SSSR count). The van der Waals surface area contributed by atoms with Gasteiger partial charge in [-0.05, 0) is 26.0 Å². The minimum absolute atomic E-state index is 0.0569. The van der Waals surface area contributed by atoms with E-state index in [1.54, 1.807) is 12.0 Å². The van der Waals surface area contributed by atoms with Crippen LogP contribution in [0, 0.1) is 0 Å². The van der Waals surface area contributed by atoms with Crippen molar-refractivity contribution in [2.75, 3.05) is 25.6 Å². The second kappa shape index (κ2) is 4.37. The van der Waals surface area contributed by atoms with E-state index in [0.29, 0.717) is 13.2 Å². The Kier molecular flexibility index (Phi) is 3.07. The van der Waals surface area contributed by atoms with Crippen LogP contribution < -0.4 is 5.32 Å². The average molecular weight is 234 g/mol. The summed E-state index contributed by atoms with van der Waals surface area (Å²) >= 11 is 0. The first kappa shape index (κ1) is 11.9. The fourth-order valence-corrected chi connectivity index (χ4v) is 2.14. The number of ether oxygens (including phenoxy) is 1. The highest BCUT2D eigenvalue weighted by molar-refractivity contribution is 6.02. The van der Waals surface area contributed by atoms with Crippen LogP contribution in [0.1, 0.15) is 24.2 Å². The molecule has 1 heterocycles. The van der Waals surface area contributed by atoms with E-state index in [-0.39, 0.29) is 11.6 Å². The summed E-state index contributed by atoms with van der Waals surface area (Å²) in [5, 5.41) is 3.38. The molecular formula is C13H18N2O2. The Hall–Kier alpha value is -1.55. The molecule has 0 saturated heterocycles. The van der Waals surface area contributed by atoms with Gasteiger partial charge in [0.05, 0.1) is 12.2 Å². The number of para-hydroxylation sites is 1.